The number of amidine groups is 1. The van der Waals surface area contributed by atoms with E-state index in [1.807, 2.05) is 0 Å². The third kappa shape index (κ3) is 4.94. The maximum absolute atomic E-state index is 12.2. The van der Waals surface area contributed by atoms with Crippen LogP contribution in [0.4, 0.5) is 0 Å². The number of piperidine rings is 1. The number of guanidine groups is 1. The summed E-state index contributed by atoms with van der Waals surface area (Å²) in [5.41, 5.74) is 5.49. The Labute approximate surface area is 156 Å². The molecule has 142 valence electrons. The van der Waals surface area contributed by atoms with E-state index >= 15 is 0 Å². The van der Waals surface area contributed by atoms with Crippen LogP contribution in [0.1, 0.15) is 19.3 Å². The van der Waals surface area contributed by atoms with Crippen LogP contribution in [0.15, 0.2) is 26.0 Å². The normalized spacial score (nSPS) is 20.0. The zero-order valence-corrected chi connectivity index (χ0v) is 15.3. The SMILES string of the molecule is C=N/C(Cl)=C(/N)NC(CC(=O)NC1=NCC2(CCN(C=O)CC2)N1)=NC. The van der Waals surface area contributed by atoms with E-state index in [0.717, 1.165) is 19.3 Å². The zero-order valence-electron chi connectivity index (χ0n) is 14.6. The van der Waals surface area contributed by atoms with Gasteiger partial charge in [-0.3, -0.25) is 24.9 Å². The van der Waals surface area contributed by atoms with E-state index < -0.39 is 0 Å². The Bertz CT molecular complexity index is 665. The maximum Gasteiger partial charge on any atom is 0.234 e. The lowest BCUT2D eigenvalue weighted by molar-refractivity contribution is -0.119. The molecule has 0 aromatic heterocycles. The molecular formula is C15H23ClN8O2. The second kappa shape index (κ2) is 8.65. The minimum Gasteiger partial charge on any atom is -0.383 e. The van der Waals surface area contributed by atoms with Crippen LogP contribution in [-0.2, 0) is 9.59 Å². The molecular weight excluding hydrogens is 360 g/mol. The summed E-state index contributed by atoms with van der Waals surface area (Å²) in [4.78, 5) is 36.6. The summed E-state index contributed by atoms with van der Waals surface area (Å²) < 4.78 is 0. The number of rotatable bonds is 5. The molecule has 1 saturated heterocycles. The highest BCUT2D eigenvalue weighted by molar-refractivity contribution is 6.30. The van der Waals surface area contributed by atoms with Crippen molar-refractivity contribution in [1.29, 1.82) is 0 Å². The van der Waals surface area contributed by atoms with Gasteiger partial charge in [0.15, 0.2) is 11.1 Å². The lowest BCUT2D eigenvalue weighted by Gasteiger charge is -2.37. The Morgan fingerprint density at radius 3 is 2.81 bits per heavy atom. The van der Waals surface area contributed by atoms with Crippen molar-refractivity contribution in [3.63, 3.8) is 0 Å². The molecule has 0 atom stereocenters. The molecule has 2 aliphatic rings. The van der Waals surface area contributed by atoms with Crippen molar-refractivity contribution in [3.05, 3.63) is 11.0 Å². The fraction of sp³-hybridized carbons (Fsp3) is 0.533. The number of amides is 2. The molecule has 0 aromatic carbocycles. The van der Waals surface area contributed by atoms with Crippen molar-refractivity contribution >= 4 is 42.4 Å². The molecule has 1 spiro atoms. The molecule has 0 saturated carbocycles. The molecule has 26 heavy (non-hydrogen) atoms. The predicted molar refractivity (Wildman–Crippen MR) is 101 cm³/mol. The highest BCUT2D eigenvalue weighted by Crippen LogP contribution is 2.24. The van der Waals surface area contributed by atoms with E-state index in [0.29, 0.717) is 31.4 Å². The van der Waals surface area contributed by atoms with Crippen LogP contribution in [0.25, 0.3) is 0 Å². The highest BCUT2D eigenvalue weighted by atomic mass is 35.5. The second-order valence-electron chi connectivity index (χ2n) is 6.09. The van der Waals surface area contributed by atoms with Crippen molar-refractivity contribution in [3.8, 4) is 0 Å². The van der Waals surface area contributed by atoms with Crippen molar-refractivity contribution in [2.24, 2.45) is 20.7 Å². The lowest BCUT2D eigenvalue weighted by atomic mass is 9.88. The molecule has 2 heterocycles. The molecule has 11 heteroatoms. The number of halogens is 1. The molecule has 0 bridgehead atoms. The van der Waals surface area contributed by atoms with Crippen LogP contribution in [-0.4, -0.2) is 68.0 Å². The Hall–Kier alpha value is -2.62. The molecule has 10 nitrogen and oxygen atoms in total. The minimum absolute atomic E-state index is 0.00278. The van der Waals surface area contributed by atoms with Crippen LogP contribution < -0.4 is 21.7 Å². The van der Waals surface area contributed by atoms with E-state index in [1.165, 1.54) is 7.05 Å². The molecule has 0 aliphatic carbocycles. The second-order valence-corrected chi connectivity index (χ2v) is 6.45. The van der Waals surface area contributed by atoms with Crippen LogP contribution in [0, 0.1) is 0 Å². The largest absolute Gasteiger partial charge is 0.383 e. The number of hydrogen-bond acceptors (Lipinski definition) is 7. The fourth-order valence-corrected chi connectivity index (χ4v) is 2.82. The summed E-state index contributed by atoms with van der Waals surface area (Å²) >= 11 is 5.75. The van der Waals surface area contributed by atoms with Gasteiger partial charge in [-0.1, -0.05) is 11.6 Å². The van der Waals surface area contributed by atoms with E-state index in [9.17, 15) is 9.59 Å². The Morgan fingerprint density at radius 1 is 1.54 bits per heavy atom. The third-order valence-corrected chi connectivity index (χ3v) is 4.65. The number of aliphatic imine (C=N–C) groups is 3. The zero-order chi connectivity index (χ0) is 19.2. The van der Waals surface area contributed by atoms with Gasteiger partial charge in [-0.05, 0) is 19.6 Å². The van der Waals surface area contributed by atoms with Gasteiger partial charge in [-0.25, -0.2) is 4.99 Å². The maximum atomic E-state index is 12.2. The van der Waals surface area contributed by atoms with Gasteiger partial charge < -0.3 is 21.3 Å². The molecule has 0 radical (unpaired) electrons. The minimum atomic E-state index is -0.304. The molecule has 2 rings (SSSR count). The smallest absolute Gasteiger partial charge is 0.234 e. The van der Waals surface area contributed by atoms with E-state index in [1.54, 1.807) is 4.90 Å². The Kier molecular flexibility index (Phi) is 6.56. The average Bonchev–Trinajstić information content (AvgIpc) is 3.02. The Balaban J connectivity index is 1.85. The molecule has 1 fully saturated rings. The summed E-state index contributed by atoms with van der Waals surface area (Å²) in [5, 5.41) is 8.73. The first-order valence-electron chi connectivity index (χ1n) is 8.08. The third-order valence-electron chi connectivity index (χ3n) is 4.32. The topological polar surface area (TPSA) is 137 Å². The predicted octanol–water partition coefficient (Wildman–Crippen LogP) is -0.914. The summed E-state index contributed by atoms with van der Waals surface area (Å²) in [6.45, 7) is 5.19. The fourth-order valence-electron chi connectivity index (χ4n) is 2.77. The van der Waals surface area contributed by atoms with Crippen molar-refractivity contribution in [2.45, 2.75) is 24.8 Å². The van der Waals surface area contributed by atoms with E-state index in [2.05, 4.69) is 37.6 Å². The van der Waals surface area contributed by atoms with Gasteiger partial charge in [0.05, 0.1) is 18.5 Å². The summed E-state index contributed by atoms with van der Waals surface area (Å²) in [7, 11) is 1.53. The first-order valence-corrected chi connectivity index (χ1v) is 8.45. The van der Waals surface area contributed by atoms with E-state index in [4.69, 9.17) is 17.3 Å². The lowest BCUT2D eigenvalue weighted by Crippen LogP contribution is -2.56. The first kappa shape index (κ1) is 19.7. The summed E-state index contributed by atoms with van der Waals surface area (Å²) in [6.07, 6.45) is 2.39. The average molecular weight is 383 g/mol. The van der Waals surface area contributed by atoms with Crippen LogP contribution in [0.3, 0.4) is 0 Å². The van der Waals surface area contributed by atoms with Gasteiger partial charge in [0, 0.05) is 20.1 Å². The van der Waals surface area contributed by atoms with Gasteiger partial charge in [-0.15, -0.1) is 0 Å². The quantitative estimate of drug-likeness (QED) is 0.211. The van der Waals surface area contributed by atoms with Gasteiger partial charge in [0.2, 0.25) is 12.3 Å². The van der Waals surface area contributed by atoms with Crippen LogP contribution >= 0.6 is 11.6 Å². The molecule has 0 aromatic rings. The van der Waals surface area contributed by atoms with Crippen LogP contribution in [0.5, 0.6) is 0 Å². The van der Waals surface area contributed by atoms with Gasteiger partial charge >= 0.3 is 0 Å². The van der Waals surface area contributed by atoms with Crippen molar-refractivity contribution < 1.29 is 9.59 Å². The number of nitrogens with two attached hydrogens (primary N) is 1. The van der Waals surface area contributed by atoms with Gasteiger partial charge in [-0.2, -0.15) is 0 Å². The molecule has 5 N–H and O–H groups in total. The summed E-state index contributed by atoms with van der Waals surface area (Å²) in [5.74, 6) is 0.517. The molecule has 0 unspecified atom stereocenters. The van der Waals surface area contributed by atoms with Gasteiger partial charge in [0.25, 0.3) is 0 Å². The van der Waals surface area contributed by atoms with Gasteiger partial charge in [0.1, 0.15) is 11.7 Å². The number of carbonyl (C=O) groups is 2. The highest BCUT2D eigenvalue weighted by Gasteiger charge is 2.38. The number of likely N-dealkylation sites (tertiary alicyclic amines) is 1. The number of carbonyl (C=O) groups excluding carboxylic acids is 2. The standard InChI is InChI=1S/C15H23ClN8O2/c1-18-10(21-13(17)12(16)19-2)7-11(26)22-14-20-8-15(23-14)3-5-24(9-25)6-4-15/h9H,2-8,17H2,1H3,(H,18,21)(H2,20,22,23,26)/b13-12-. The Morgan fingerprint density at radius 2 is 2.23 bits per heavy atom. The molecule has 2 aliphatic heterocycles. The van der Waals surface area contributed by atoms with Crippen molar-refractivity contribution in [1.82, 2.24) is 20.9 Å². The van der Waals surface area contributed by atoms with Crippen LogP contribution in [0.2, 0.25) is 0 Å². The number of nitrogens with one attached hydrogen (secondary N) is 3. The van der Waals surface area contributed by atoms with E-state index in [-0.39, 0.29) is 28.8 Å². The first-order chi connectivity index (χ1) is 12.4. The summed E-state index contributed by atoms with van der Waals surface area (Å²) in [6, 6.07) is 0. The van der Waals surface area contributed by atoms with Crippen molar-refractivity contribution in [2.75, 3.05) is 26.7 Å². The molecule has 2 amide bonds. The number of hydrogen-bond donors (Lipinski definition) is 4. The number of nitrogens with zero attached hydrogens (tertiary/aromatic N) is 4. The monoisotopic (exact) mass is 382 g/mol.